The number of nitrogens with zero attached hydrogens (tertiary/aromatic N) is 3. The van der Waals surface area contributed by atoms with Gasteiger partial charge in [0.15, 0.2) is 5.58 Å². The second kappa shape index (κ2) is 5.36. The molecule has 3 rings (SSSR count). The van der Waals surface area contributed by atoms with E-state index in [9.17, 15) is 4.79 Å². The lowest BCUT2D eigenvalue weighted by atomic mass is 10.0. The van der Waals surface area contributed by atoms with E-state index < -0.39 is 6.09 Å². The molecular weight excluding hydrogens is 260 g/mol. The normalized spacial score (nSPS) is 19.2. The van der Waals surface area contributed by atoms with Crippen LogP contribution in [0.4, 0.5) is 10.8 Å². The van der Waals surface area contributed by atoms with Crippen molar-refractivity contribution in [3.05, 3.63) is 18.3 Å². The van der Waals surface area contributed by atoms with E-state index in [4.69, 9.17) is 9.52 Å². The molecule has 20 heavy (non-hydrogen) atoms. The topological polar surface area (TPSA) is 91.5 Å². The first-order valence-corrected chi connectivity index (χ1v) is 6.69. The smallest absolute Gasteiger partial charge is 0.407 e. The highest BCUT2D eigenvalue weighted by atomic mass is 16.4. The molecule has 1 fully saturated rings. The van der Waals surface area contributed by atoms with Crippen molar-refractivity contribution in [2.24, 2.45) is 0 Å². The standard InChI is InChI=1S/C13H16N4O3/c18-13(19)17-7-2-1-4-9(17)8-15-12-16-11-10(20-12)5-3-6-14-11/h3,5-6,9H,1-2,4,7-8H2,(H,18,19)(H,14,15,16). The van der Waals surface area contributed by atoms with Crippen LogP contribution in [-0.2, 0) is 0 Å². The average molecular weight is 276 g/mol. The monoisotopic (exact) mass is 276 g/mol. The van der Waals surface area contributed by atoms with E-state index in [1.54, 1.807) is 18.3 Å². The number of anilines is 1. The molecule has 0 radical (unpaired) electrons. The number of rotatable bonds is 3. The summed E-state index contributed by atoms with van der Waals surface area (Å²) in [6, 6.07) is 3.92. The Labute approximate surface area is 115 Å². The molecule has 2 aromatic heterocycles. The lowest BCUT2D eigenvalue weighted by Gasteiger charge is -2.33. The van der Waals surface area contributed by atoms with E-state index in [-0.39, 0.29) is 6.04 Å². The van der Waals surface area contributed by atoms with Crippen LogP contribution in [0.3, 0.4) is 0 Å². The van der Waals surface area contributed by atoms with Gasteiger partial charge in [0.05, 0.1) is 6.04 Å². The third kappa shape index (κ3) is 2.52. The number of hydrogen-bond acceptors (Lipinski definition) is 5. The minimum absolute atomic E-state index is 0.0378. The van der Waals surface area contributed by atoms with Crippen molar-refractivity contribution in [1.82, 2.24) is 14.9 Å². The molecular formula is C13H16N4O3. The summed E-state index contributed by atoms with van der Waals surface area (Å²) in [5.41, 5.74) is 1.17. The summed E-state index contributed by atoms with van der Waals surface area (Å²) in [7, 11) is 0. The van der Waals surface area contributed by atoms with Crippen LogP contribution in [0.5, 0.6) is 0 Å². The maximum atomic E-state index is 11.2. The average Bonchev–Trinajstić information content (AvgIpc) is 2.88. The highest BCUT2D eigenvalue weighted by molar-refractivity contribution is 5.69. The number of carbonyl (C=O) groups is 1. The Balaban J connectivity index is 1.67. The number of aromatic nitrogens is 2. The Hall–Kier alpha value is -2.31. The number of likely N-dealkylation sites (tertiary alicyclic amines) is 1. The summed E-state index contributed by atoms with van der Waals surface area (Å²) in [6.07, 6.45) is 3.62. The van der Waals surface area contributed by atoms with Crippen LogP contribution in [0.15, 0.2) is 22.7 Å². The molecule has 1 saturated heterocycles. The quantitative estimate of drug-likeness (QED) is 0.892. The van der Waals surface area contributed by atoms with E-state index in [2.05, 4.69) is 15.3 Å². The maximum absolute atomic E-state index is 11.2. The van der Waals surface area contributed by atoms with Gasteiger partial charge < -0.3 is 19.7 Å². The van der Waals surface area contributed by atoms with Crippen molar-refractivity contribution in [3.8, 4) is 0 Å². The Morgan fingerprint density at radius 1 is 1.55 bits per heavy atom. The number of pyridine rings is 1. The van der Waals surface area contributed by atoms with Gasteiger partial charge >= 0.3 is 6.09 Å². The van der Waals surface area contributed by atoms with Crippen molar-refractivity contribution in [2.45, 2.75) is 25.3 Å². The van der Waals surface area contributed by atoms with E-state index >= 15 is 0 Å². The zero-order chi connectivity index (χ0) is 13.9. The number of fused-ring (bicyclic) bond motifs is 1. The SMILES string of the molecule is O=C(O)N1CCCCC1CNc1nc2ncccc2o1. The summed E-state index contributed by atoms with van der Waals surface area (Å²) in [6.45, 7) is 1.09. The third-order valence-electron chi connectivity index (χ3n) is 3.53. The zero-order valence-corrected chi connectivity index (χ0v) is 11.0. The van der Waals surface area contributed by atoms with Crippen molar-refractivity contribution < 1.29 is 14.3 Å². The molecule has 106 valence electrons. The fourth-order valence-electron chi connectivity index (χ4n) is 2.51. The molecule has 2 N–H and O–H groups in total. The number of hydrogen-bond donors (Lipinski definition) is 2. The van der Waals surface area contributed by atoms with E-state index in [0.717, 1.165) is 19.3 Å². The predicted molar refractivity (Wildman–Crippen MR) is 72.7 cm³/mol. The Morgan fingerprint density at radius 2 is 2.45 bits per heavy atom. The van der Waals surface area contributed by atoms with E-state index in [1.807, 2.05) is 0 Å². The molecule has 1 aliphatic rings. The summed E-state index contributed by atoms with van der Waals surface area (Å²) in [5, 5.41) is 12.2. The molecule has 7 nitrogen and oxygen atoms in total. The number of nitrogens with one attached hydrogen (secondary N) is 1. The third-order valence-corrected chi connectivity index (χ3v) is 3.53. The van der Waals surface area contributed by atoms with Gasteiger partial charge in [0.25, 0.3) is 6.01 Å². The first-order chi connectivity index (χ1) is 9.74. The summed E-state index contributed by atoms with van der Waals surface area (Å²) in [4.78, 5) is 21.0. The van der Waals surface area contributed by atoms with Crippen LogP contribution < -0.4 is 5.32 Å². The zero-order valence-electron chi connectivity index (χ0n) is 11.0. The molecule has 2 aromatic rings. The van der Waals surface area contributed by atoms with Crippen LogP contribution in [0, 0.1) is 0 Å². The van der Waals surface area contributed by atoms with Crippen molar-refractivity contribution in [2.75, 3.05) is 18.4 Å². The Morgan fingerprint density at radius 3 is 3.25 bits per heavy atom. The van der Waals surface area contributed by atoms with Gasteiger partial charge in [0.2, 0.25) is 5.65 Å². The summed E-state index contributed by atoms with van der Waals surface area (Å²) >= 11 is 0. The van der Waals surface area contributed by atoms with Gasteiger partial charge in [-0.25, -0.2) is 9.78 Å². The molecule has 1 amide bonds. The van der Waals surface area contributed by atoms with Crippen LogP contribution >= 0.6 is 0 Å². The predicted octanol–water partition coefficient (Wildman–Crippen LogP) is 2.17. The first kappa shape index (κ1) is 12.7. The van der Waals surface area contributed by atoms with Crippen LogP contribution in [-0.4, -0.2) is 45.2 Å². The van der Waals surface area contributed by atoms with Crippen molar-refractivity contribution in [3.63, 3.8) is 0 Å². The minimum Gasteiger partial charge on any atom is -0.465 e. The fourth-order valence-corrected chi connectivity index (χ4v) is 2.51. The van der Waals surface area contributed by atoms with Gasteiger partial charge in [-0.2, -0.15) is 4.98 Å². The lowest BCUT2D eigenvalue weighted by molar-refractivity contribution is 0.110. The molecule has 1 atom stereocenters. The minimum atomic E-state index is -0.865. The van der Waals surface area contributed by atoms with Gasteiger partial charge in [-0.3, -0.25) is 0 Å². The molecule has 0 saturated carbocycles. The molecule has 1 aliphatic heterocycles. The molecule has 0 aliphatic carbocycles. The number of oxazole rings is 1. The summed E-state index contributed by atoms with van der Waals surface area (Å²) in [5.74, 6) is 0. The van der Waals surface area contributed by atoms with Crippen LogP contribution in [0.25, 0.3) is 11.2 Å². The maximum Gasteiger partial charge on any atom is 0.407 e. The Kier molecular flexibility index (Phi) is 3.41. The van der Waals surface area contributed by atoms with Gasteiger partial charge in [0.1, 0.15) is 0 Å². The lowest BCUT2D eigenvalue weighted by Crippen LogP contribution is -2.46. The van der Waals surface area contributed by atoms with E-state index in [0.29, 0.717) is 30.3 Å². The fraction of sp³-hybridized carbons (Fsp3) is 0.462. The molecule has 0 aromatic carbocycles. The second-order valence-electron chi connectivity index (χ2n) is 4.85. The molecule has 0 spiro atoms. The number of carboxylic acid groups (broad SMARTS) is 1. The molecule has 0 bridgehead atoms. The van der Waals surface area contributed by atoms with Gasteiger partial charge in [0, 0.05) is 19.3 Å². The number of amides is 1. The van der Waals surface area contributed by atoms with Gasteiger partial charge in [-0.15, -0.1) is 0 Å². The Bertz CT molecular complexity index is 579. The van der Waals surface area contributed by atoms with Crippen molar-refractivity contribution in [1.29, 1.82) is 0 Å². The second-order valence-corrected chi connectivity index (χ2v) is 4.85. The molecule has 7 heteroatoms. The van der Waals surface area contributed by atoms with Crippen LogP contribution in [0.1, 0.15) is 19.3 Å². The van der Waals surface area contributed by atoms with E-state index in [1.165, 1.54) is 4.90 Å². The molecule has 1 unspecified atom stereocenters. The van der Waals surface area contributed by atoms with Crippen LogP contribution in [0.2, 0.25) is 0 Å². The highest BCUT2D eigenvalue weighted by Crippen LogP contribution is 2.19. The van der Waals surface area contributed by atoms with Gasteiger partial charge in [-0.1, -0.05) is 0 Å². The van der Waals surface area contributed by atoms with Crippen molar-refractivity contribution >= 4 is 23.3 Å². The van der Waals surface area contributed by atoms with Gasteiger partial charge in [-0.05, 0) is 31.4 Å². The first-order valence-electron chi connectivity index (χ1n) is 6.69. The largest absolute Gasteiger partial charge is 0.465 e. The summed E-state index contributed by atoms with van der Waals surface area (Å²) < 4.78 is 5.50. The number of piperidine rings is 1. The molecule has 3 heterocycles. The highest BCUT2D eigenvalue weighted by Gasteiger charge is 2.26.